The maximum atomic E-state index is 11.4. The Morgan fingerprint density at radius 2 is 1.83 bits per heavy atom. The van der Waals surface area contributed by atoms with Gasteiger partial charge in [-0.3, -0.25) is 4.79 Å². The molecule has 0 aliphatic carbocycles. The van der Waals surface area contributed by atoms with Crippen LogP contribution in [-0.4, -0.2) is 21.7 Å². The molecular formula is C18H18N2O3. The summed E-state index contributed by atoms with van der Waals surface area (Å²) in [7, 11) is 0. The molecule has 0 aliphatic rings. The maximum absolute atomic E-state index is 11.4. The minimum absolute atomic E-state index is 0.00843. The van der Waals surface area contributed by atoms with E-state index in [1.54, 1.807) is 12.1 Å². The second-order valence-electron chi connectivity index (χ2n) is 5.42. The molecular weight excluding hydrogens is 292 g/mol. The molecule has 0 radical (unpaired) electrons. The lowest BCUT2D eigenvalue weighted by Crippen LogP contribution is -2.21. The predicted molar refractivity (Wildman–Crippen MR) is 89.3 cm³/mol. The van der Waals surface area contributed by atoms with Crippen molar-refractivity contribution in [3.8, 4) is 5.75 Å². The van der Waals surface area contributed by atoms with Gasteiger partial charge < -0.3 is 20.5 Å². The highest BCUT2D eigenvalue weighted by Gasteiger charge is 2.13. The SMILES string of the molecule is O=c1ccc2c([C@H](O)CNCc3ccccc3)ccc(O)c2[nH]1. The summed E-state index contributed by atoms with van der Waals surface area (Å²) in [5.41, 5.74) is 1.85. The summed E-state index contributed by atoms with van der Waals surface area (Å²) in [6, 6.07) is 16.1. The van der Waals surface area contributed by atoms with E-state index in [0.29, 0.717) is 29.6 Å². The molecule has 0 fully saturated rings. The van der Waals surface area contributed by atoms with Crippen LogP contribution < -0.4 is 10.9 Å². The number of phenolic OH excluding ortho intramolecular Hbond substituents is 1. The number of aromatic nitrogens is 1. The smallest absolute Gasteiger partial charge is 0.248 e. The molecule has 0 unspecified atom stereocenters. The summed E-state index contributed by atoms with van der Waals surface area (Å²) in [6.07, 6.45) is -0.743. The van der Waals surface area contributed by atoms with Gasteiger partial charge in [-0.15, -0.1) is 0 Å². The molecule has 23 heavy (non-hydrogen) atoms. The van der Waals surface area contributed by atoms with Crippen molar-refractivity contribution in [1.29, 1.82) is 0 Å². The number of hydrogen-bond donors (Lipinski definition) is 4. The van der Waals surface area contributed by atoms with Gasteiger partial charge in [-0.2, -0.15) is 0 Å². The van der Waals surface area contributed by atoms with Crippen LogP contribution in [0.3, 0.4) is 0 Å². The fourth-order valence-corrected chi connectivity index (χ4v) is 2.61. The Morgan fingerprint density at radius 1 is 1.04 bits per heavy atom. The standard InChI is InChI=1S/C18H18N2O3/c21-15-8-6-13(14-7-9-17(23)20-18(14)15)16(22)11-19-10-12-4-2-1-3-5-12/h1-9,16,19,21-22H,10-11H2,(H,20,23)/t16-/m1/s1. The molecule has 0 bridgehead atoms. The number of benzene rings is 2. The van der Waals surface area contributed by atoms with Crippen molar-refractivity contribution in [3.63, 3.8) is 0 Å². The van der Waals surface area contributed by atoms with Crippen molar-refractivity contribution in [2.45, 2.75) is 12.6 Å². The minimum atomic E-state index is -0.743. The van der Waals surface area contributed by atoms with Crippen LogP contribution in [0.1, 0.15) is 17.2 Å². The molecule has 1 heterocycles. The number of nitrogens with one attached hydrogen (secondary N) is 2. The van der Waals surface area contributed by atoms with Crippen molar-refractivity contribution in [1.82, 2.24) is 10.3 Å². The zero-order chi connectivity index (χ0) is 16.2. The molecule has 5 heteroatoms. The van der Waals surface area contributed by atoms with Crippen LogP contribution in [0.25, 0.3) is 10.9 Å². The molecule has 4 N–H and O–H groups in total. The van der Waals surface area contributed by atoms with Crippen LogP contribution >= 0.6 is 0 Å². The fraction of sp³-hybridized carbons (Fsp3) is 0.167. The Bertz CT molecular complexity index is 859. The highest BCUT2D eigenvalue weighted by Crippen LogP contribution is 2.28. The van der Waals surface area contributed by atoms with Crippen molar-refractivity contribution in [2.75, 3.05) is 6.54 Å². The van der Waals surface area contributed by atoms with Gasteiger partial charge in [0.15, 0.2) is 0 Å². The highest BCUT2D eigenvalue weighted by atomic mass is 16.3. The first-order chi connectivity index (χ1) is 11.1. The monoisotopic (exact) mass is 310 g/mol. The van der Waals surface area contributed by atoms with E-state index in [0.717, 1.165) is 5.56 Å². The normalized spacial score (nSPS) is 12.4. The fourth-order valence-electron chi connectivity index (χ4n) is 2.61. The van der Waals surface area contributed by atoms with E-state index in [4.69, 9.17) is 0 Å². The molecule has 0 saturated heterocycles. The van der Waals surface area contributed by atoms with Crippen molar-refractivity contribution >= 4 is 10.9 Å². The minimum Gasteiger partial charge on any atom is -0.506 e. The average molecular weight is 310 g/mol. The van der Waals surface area contributed by atoms with Crippen LogP contribution in [0.15, 0.2) is 59.4 Å². The van der Waals surface area contributed by atoms with Gasteiger partial charge in [-0.25, -0.2) is 0 Å². The van der Waals surface area contributed by atoms with Crippen LogP contribution in [0.2, 0.25) is 0 Å². The Balaban J connectivity index is 1.77. The van der Waals surface area contributed by atoms with Gasteiger partial charge in [-0.1, -0.05) is 36.4 Å². The van der Waals surface area contributed by atoms with Crippen molar-refractivity contribution < 1.29 is 10.2 Å². The van der Waals surface area contributed by atoms with E-state index in [1.165, 1.54) is 12.1 Å². The van der Waals surface area contributed by atoms with Crippen molar-refractivity contribution in [2.24, 2.45) is 0 Å². The molecule has 5 nitrogen and oxygen atoms in total. The number of H-pyrrole nitrogens is 1. The molecule has 0 aliphatic heterocycles. The largest absolute Gasteiger partial charge is 0.506 e. The summed E-state index contributed by atoms with van der Waals surface area (Å²) in [5, 5.41) is 24.1. The van der Waals surface area contributed by atoms with Crippen LogP contribution in [0.4, 0.5) is 0 Å². The summed E-state index contributed by atoms with van der Waals surface area (Å²) in [4.78, 5) is 14.0. The maximum Gasteiger partial charge on any atom is 0.248 e. The number of hydrogen-bond acceptors (Lipinski definition) is 4. The Morgan fingerprint density at radius 3 is 2.61 bits per heavy atom. The van der Waals surface area contributed by atoms with Crippen LogP contribution in [-0.2, 0) is 6.54 Å². The van der Waals surface area contributed by atoms with Gasteiger partial charge in [-0.05, 0) is 23.3 Å². The number of fused-ring (bicyclic) bond motifs is 1. The Labute approximate surface area is 133 Å². The van der Waals surface area contributed by atoms with Gasteiger partial charge in [0.05, 0.1) is 11.6 Å². The number of aliphatic hydroxyl groups is 1. The Hall–Kier alpha value is -2.63. The third kappa shape index (κ3) is 3.41. The molecule has 1 aromatic heterocycles. The second kappa shape index (κ2) is 6.64. The molecule has 0 saturated carbocycles. The number of aliphatic hydroxyl groups excluding tert-OH is 1. The van der Waals surface area contributed by atoms with E-state index in [1.807, 2.05) is 30.3 Å². The number of aromatic amines is 1. The van der Waals surface area contributed by atoms with E-state index >= 15 is 0 Å². The number of aromatic hydroxyl groups is 1. The molecule has 3 aromatic rings. The molecule has 0 spiro atoms. The average Bonchev–Trinajstić information content (AvgIpc) is 2.56. The molecule has 118 valence electrons. The second-order valence-corrected chi connectivity index (χ2v) is 5.42. The lowest BCUT2D eigenvalue weighted by molar-refractivity contribution is 0.176. The first-order valence-electron chi connectivity index (χ1n) is 7.43. The number of phenols is 1. The van der Waals surface area contributed by atoms with Crippen LogP contribution in [0.5, 0.6) is 5.75 Å². The Kier molecular flexibility index (Phi) is 4.41. The lowest BCUT2D eigenvalue weighted by atomic mass is 10.0. The number of rotatable bonds is 5. The molecule has 3 rings (SSSR count). The zero-order valence-electron chi connectivity index (χ0n) is 12.5. The summed E-state index contributed by atoms with van der Waals surface area (Å²) in [5.74, 6) is -0.00843. The highest BCUT2D eigenvalue weighted by molar-refractivity contribution is 5.87. The van der Waals surface area contributed by atoms with Gasteiger partial charge in [0.25, 0.3) is 0 Å². The first-order valence-corrected chi connectivity index (χ1v) is 7.43. The van der Waals surface area contributed by atoms with E-state index in [-0.39, 0.29) is 11.3 Å². The molecule has 1 atom stereocenters. The van der Waals surface area contributed by atoms with E-state index in [9.17, 15) is 15.0 Å². The van der Waals surface area contributed by atoms with Crippen molar-refractivity contribution in [3.05, 3.63) is 76.1 Å². The predicted octanol–water partition coefficient (Wildman–Crippen LogP) is 2.06. The molecule has 2 aromatic carbocycles. The first kappa shape index (κ1) is 15.3. The zero-order valence-corrected chi connectivity index (χ0v) is 12.5. The quantitative estimate of drug-likeness (QED) is 0.581. The van der Waals surface area contributed by atoms with Crippen LogP contribution in [0, 0.1) is 0 Å². The summed E-state index contributed by atoms with van der Waals surface area (Å²) in [6.45, 7) is 1.03. The summed E-state index contributed by atoms with van der Waals surface area (Å²) >= 11 is 0. The lowest BCUT2D eigenvalue weighted by Gasteiger charge is -2.15. The topological polar surface area (TPSA) is 85.3 Å². The van der Waals surface area contributed by atoms with Gasteiger partial charge in [0.2, 0.25) is 5.56 Å². The third-order valence-electron chi connectivity index (χ3n) is 3.78. The van der Waals surface area contributed by atoms with E-state index < -0.39 is 6.10 Å². The third-order valence-corrected chi connectivity index (χ3v) is 3.78. The van der Waals surface area contributed by atoms with Gasteiger partial charge >= 0.3 is 0 Å². The number of pyridine rings is 1. The van der Waals surface area contributed by atoms with E-state index in [2.05, 4.69) is 10.3 Å². The molecule has 0 amide bonds. The van der Waals surface area contributed by atoms with Gasteiger partial charge in [0.1, 0.15) is 5.75 Å². The van der Waals surface area contributed by atoms with Gasteiger partial charge in [0, 0.05) is 24.5 Å². The summed E-state index contributed by atoms with van der Waals surface area (Å²) < 4.78 is 0.